The molecule has 0 saturated heterocycles. The normalized spacial score (nSPS) is 15.1. The van der Waals surface area contributed by atoms with Gasteiger partial charge in [0.2, 0.25) is 5.91 Å². The van der Waals surface area contributed by atoms with Crippen molar-refractivity contribution in [3.8, 4) is 5.75 Å². The molecule has 0 bridgehead atoms. The minimum Gasteiger partial charge on any atom is -0.497 e. The molecule has 5 heteroatoms. The van der Waals surface area contributed by atoms with Crippen molar-refractivity contribution in [3.63, 3.8) is 0 Å². The van der Waals surface area contributed by atoms with Gasteiger partial charge in [-0.25, -0.2) is 0 Å². The fourth-order valence-corrected chi connectivity index (χ4v) is 4.24. The molecule has 0 fully saturated rings. The summed E-state index contributed by atoms with van der Waals surface area (Å²) in [7, 11) is 1.65. The van der Waals surface area contributed by atoms with Gasteiger partial charge in [-0.05, 0) is 47.4 Å². The van der Waals surface area contributed by atoms with E-state index in [1.165, 1.54) is 0 Å². The van der Waals surface area contributed by atoms with Gasteiger partial charge in [0.15, 0.2) is 6.10 Å². The smallest absolute Gasteiger partial charge is 0.234 e. The molecule has 1 amide bonds. The lowest BCUT2D eigenvalue weighted by atomic mass is 9.89. The first-order chi connectivity index (χ1) is 16.2. The van der Waals surface area contributed by atoms with Gasteiger partial charge in [-0.2, -0.15) is 0 Å². The Kier molecular flexibility index (Phi) is 7.40. The Morgan fingerprint density at radius 1 is 1.00 bits per heavy atom. The van der Waals surface area contributed by atoms with Gasteiger partial charge in [0, 0.05) is 13.0 Å². The lowest BCUT2D eigenvalue weighted by Crippen LogP contribution is -2.41. The predicted octanol–water partition coefficient (Wildman–Crippen LogP) is 5.26. The van der Waals surface area contributed by atoms with Gasteiger partial charge < -0.3 is 14.5 Å². The number of carbonyl (C=O) groups is 1. The highest BCUT2D eigenvalue weighted by Crippen LogP contribution is 2.28. The van der Waals surface area contributed by atoms with Crippen LogP contribution in [0.25, 0.3) is 0 Å². The molecule has 3 aromatic rings. The summed E-state index contributed by atoms with van der Waals surface area (Å²) < 4.78 is 5.24. The van der Waals surface area contributed by atoms with Crippen LogP contribution < -0.4 is 4.74 Å². The maximum Gasteiger partial charge on any atom is 0.234 e. The minimum absolute atomic E-state index is 0.0933. The molecule has 0 saturated carbocycles. The number of hydrogen-bond acceptors (Lipinski definition) is 4. The van der Waals surface area contributed by atoms with E-state index in [4.69, 9.17) is 9.57 Å². The molecule has 3 aromatic carbocycles. The summed E-state index contributed by atoms with van der Waals surface area (Å²) in [6.45, 7) is 3.27. The average molecular weight is 443 g/mol. The molecule has 0 radical (unpaired) electrons. The van der Waals surface area contributed by atoms with Crippen molar-refractivity contribution in [1.29, 1.82) is 0 Å². The molecule has 1 atom stereocenters. The number of carbonyl (C=O) groups excluding carboxylic acids is 1. The molecule has 0 N–H and O–H groups in total. The van der Waals surface area contributed by atoms with E-state index in [0.717, 1.165) is 34.6 Å². The molecule has 5 nitrogen and oxygen atoms in total. The monoisotopic (exact) mass is 442 g/mol. The lowest BCUT2D eigenvalue weighted by molar-refractivity contribution is -0.133. The third-order valence-corrected chi connectivity index (χ3v) is 5.90. The number of ether oxygens (including phenoxy) is 1. The van der Waals surface area contributed by atoms with E-state index in [-0.39, 0.29) is 17.9 Å². The maximum atomic E-state index is 13.9. The molecular formula is C28H30N2O3. The first-order valence-corrected chi connectivity index (χ1v) is 11.5. The van der Waals surface area contributed by atoms with Crippen LogP contribution in [0.5, 0.6) is 5.75 Å². The summed E-state index contributed by atoms with van der Waals surface area (Å²) >= 11 is 0. The molecule has 0 spiro atoms. The van der Waals surface area contributed by atoms with E-state index < -0.39 is 0 Å². The van der Waals surface area contributed by atoms with Gasteiger partial charge in [-0.15, -0.1) is 0 Å². The zero-order valence-corrected chi connectivity index (χ0v) is 19.2. The van der Waals surface area contributed by atoms with Gasteiger partial charge >= 0.3 is 0 Å². The predicted molar refractivity (Wildman–Crippen MR) is 131 cm³/mol. The standard InChI is InChI=1S/C28H30N2O3/c1-3-18-30(20-25-19-26(29-33-25)21-14-16-24(32-2)17-15-21)28(31)27(22-10-6-4-7-11-22)23-12-8-5-9-13-23/h4-17,25,27H,3,18-20H2,1-2H3/t25-/m0/s1. The molecule has 1 heterocycles. The number of amides is 1. The average Bonchev–Trinajstić information content (AvgIpc) is 3.34. The van der Waals surface area contributed by atoms with E-state index in [1.807, 2.05) is 89.8 Å². The number of methoxy groups -OCH3 is 1. The van der Waals surface area contributed by atoms with E-state index in [9.17, 15) is 4.79 Å². The van der Waals surface area contributed by atoms with Crippen LogP contribution in [0.1, 0.15) is 42.4 Å². The van der Waals surface area contributed by atoms with E-state index in [0.29, 0.717) is 19.5 Å². The Bertz CT molecular complexity index is 1030. The quantitative estimate of drug-likeness (QED) is 0.454. The third-order valence-electron chi connectivity index (χ3n) is 5.90. The van der Waals surface area contributed by atoms with Crippen LogP contribution in [0.3, 0.4) is 0 Å². The molecule has 4 rings (SSSR count). The van der Waals surface area contributed by atoms with Gasteiger partial charge in [0.1, 0.15) is 5.75 Å². The summed E-state index contributed by atoms with van der Waals surface area (Å²) in [5, 5.41) is 4.31. The molecule has 170 valence electrons. The van der Waals surface area contributed by atoms with Crippen molar-refractivity contribution in [2.24, 2.45) is 5.16 Å². The SMILES string of the molecule is CCCN(C[C@@H]1CC(c2ccc(OC)cc2)=NO1)C(=O)C(c1ccccc1)c1ccccc1. The first kappa shape index (κ1) is 22.6. The van der Waals surface area contributed by atoms with Crippen molar-refractivity contribution in [3.05, 3.63) is 102 Å². The van der Waals surface area contributed by atoms with Crippen LogP contribution in [0.15, 0.2) is 90.1 Å². The Labute approximate surface area is 195 Å². The van der Waals surface area contributed by atoms with Gasteiger partial charge in [0.05, 0.1) is 25.3 Å². The van der Waals surface area contributed by atoms with Crippen molar-refractivity contribution < 1.29 is 14.4 Å². The third kappa shape index (κ3) is 5.43. The molecule has 33 heavy (non-hydrogen) atoms. The Balaban J connectivity index is 1.50. The Morgan fingerprint density at radius 2 is 1.61 bits per heavy atom. The molecule has 1 aliphatic heterocycles. The van der Waals surface area contributed by atoms with Gasteiger partial charge in [0.25, 0.3) is 0 Å². The molecule has 0 unspecified atom stereocenters. The van der Waals surface area contributed by atoms with Crippen molar-refractivity contribution in [2.75, 3.05) is 20.2 Å². The van der Waals surface area contributed by atoms with Crippen LogP contribution in [-0.2, 0) is 9.63 Å². The highest BCUT2D eigenvalue weighted by molar-refractivity contribution is 6.01. The minimum atomic E-state index is -0.345. The zero-order chi connectivity index (χ0) is 23.0. The molecule has 1 aliphatic rings. The van der Waals surface area contributed by atoms with Crippen LogP contribution >= 0.6 is 0 Å². The fourth-order valence-electron chi connectivity index (χ4n) is 4.24. The van der Waals surface area contributed by atoms with Gasteiger partial charge in [-0.3, -0.25) is 4.79 Å². The van der Waals surface area contributed by atoms with E-state index in [1.54, 1.807) is 7.11 Å². The number of nitrogens with zero attached hydrogens (tertiary/aromatic N) is 2. The van der Waals surface area contributed by atoms with Crippen LogP contribution in [0.4, 0.5) is 0 Å². The summed E-state index contributed by atoms with van der Waals surface area (Å²) in [5.41, 5.74) is 3.90. The maximum absolute atomic E-state index is 13.9. The van der Waals surface area contributed by atoms with E-state index >= 15 is 0 Å². The fraction of sp³-hybridized carbons (Fsp3) is 0.286. The summed E-state index contributed by atoms with van der Waals surface area (Å²) in [6, 6.07) is 27.8. The number of rotatable bonds is 9. The Hall–Kier alpha value is -3.60. The topological polar surface area (TPSA) is 51.1 Å². The van der Waals surface area contributed by atoms with Crippen molar-refractivity contribution in [2.45, 2.75) is 31.8 Å². The highest BCUT2D eigenvalue weighted by atomic mass is 16.6. The molecule has 0 aliphatic carbocycles. The van der Waals surface area contributed by atoms with Crippen LogP contribution in [0, 0.1) is 0 Å². The Morgan fingerprint density at radius 3 is 2.15 bits per heavy atom. The summed E-state index contributed by atoms with van der Waals surface area (Å²) in [4.78, 5) is 21.6. The van der Waals surface area contributed by atoms with E-state index in [2.05, 4.69) is 12.1 Å². The van der Waals surface area contributed by atoms with Crippen LogP contribution in [0.2, 0.25) is 0 Å². The van der Waals surface area contributed by atoms with Crippen molar-refractivity contribution >= 4 is 11.6 Å². The second-order valence-corrected chi connectivity index (χ2v) is 8.24. The second kappa shape index (κ2) is 10.8. The second-order valence-electron chi connectivity index (χ2n) is 8.24. The first-order valence-electron chi connectivity index (χ1n) is 11.5. The zero-order valence-electron chi connectivity index (χ0n) is 19.2. The summed E-state index contributed by atoms with van der Waals surface area (Å²) in [6.07, 6.45) is 1.38. The number of benzene rings is 3. The van der Waals surface area contributed by atoms with Crippen LogP contribution in [-0.4, -0.2) is 42.8 Å². The number of oxime groups is 1. The summed E-state index contributed by atoms with van der Waals surface area (Å²) in [5.74, 6) is 0.556. The lowest BCUT2D eigenvalue weighted by Gasteiger charge is -2.29. The van der Waals surface area contributed by atoms with Gasteiger partial charge in [-0.1, -0.05) is 72.7 Å². The van der Waals surface area contributed by atoms with Crippen molar-refractivity contribution in [1.82, 2.24) is 4.90 Å². The molecular weight excluding hydrogens is 412 g/mol. The number of hydrogen-bond donors (Lipinski definition) is 0. The highest BCUT2D eigenvalue weighted by Gasteiger charge is 2.31. The largest absolute Gasteiger partial charge is 0.497 e. The molecule has 0 aromatic heterocycles.